The molecule has 0 saturated heterocycles. The molecule has 4 heteroatoms. The summed E-state index contributed by atoms with van der Waals surface area (Å²) in [6, 6.07) is 2.18. The molecule has 0 aliphatic heterocycles. The number of nitrogens with zero attached hydrogens (tertiary/aromatic N) is 1. The van der Waals surface area contributed by atoms with Gasteiger partial charge < -0.3 is 5.32 Å². The van der Waals surface area contributed by atoms with Crippen molar-refractivity contribution in [1.29, 1.82) is 0 Å². The molecule has 0 saturated carbocycles. The predicted octanol–water partition coefficient (Wildman–Crippen LogP) is 4.12. The fourth-order valence-electron chi connectivity index (χ4n) is 2.13. The van der Waals surface area contributed by atoms with E-state index in [0.717, 1.165) is 17.3 Å². The quantitative estimate of drug-likeness (QED) is 0.726. The maximum absolute atomic E-state index is 4.46. The third-order valence-electron chi connectivity index (χ3n) is 3.46. The molecule has 1 aromatic rings. The van der Waals surface area contributed by atoms with E-state index in [2.05, 4.69) is 45.4 Å². The molecule has 1 aromatic heterocycles. The molecule has 0 amide bonds. The topological polar surface area (TPSA) is 24.9 Å². The van der Waals surface area contributed by atoms with E-state index in [9.17, 15) is 0 Å². The highest BCUT2D eigenvalue weighted by Crippen LogP contribution is 2.30. The van der Waals surface area contributed by atoms with Crippen molar-refractivity contribution in [3.8, 4) is 0 Å². The summed E-state index contributed by atoms with van der Waals surface area (Å²) in [7, 11) is 4.72. The van der Waals surface area contributed by atoms with E-state index in [-0.39, 0.29) is 0 Å². The van der Waals surface area contributed by atoms with E-state index in [0.29, 0.717) is 5.92 Å². The molecular formula is C14H25N2PS. The Morgan fingerprint density at radius 3 is 2.89 bits per heavy atom. The Hall–Kier alpha value is -0.400. The second-order valence-electron chi connectivity index (χ2n) is 4.83. The Balaban J connectivity index is 2.63. The lowest BCUT2D eigenvalue weighted by Crippen LogP contribution is -2.05. The van der Waals surface area contributed by atoms with Crippen molar-refractivity contribution >= 4 is 26.5 Å². The average molecular weight is 284 g/mol. The first-order valence-electron chi connectivity index (χ1n) is 6.66. The van der Waals surface area contributed by atoms with Gasteiger partial charge in [0.2, 0.25) is 0 Å². The van der Waals surface area contributed by atoms with Gasteiger partial charge in [0.05, 0.1) is 11.4 Å². The zero-order valence-corrected chi connectivity index (χ0v) is 13.7. The summed E-state index contributed by atoms with van der Waals surface area (Å²) < 4.78 is 4.46. The van der Waals surface area contributed by atoms with Gasteiger partial charge in [-0.15, -0.1) is 9.24 Å². The van der Waals surface area contributed by atoms with Crippen molar-refractivity contribution in [2.75, 3.05) is 13.2 Å². The molecule has 1 rings (SSSR count). The Morgan fingerprint density at radius 1 is 1.61 bits per heavy atom. The first kappa shape index (κ1) is 15.7. The van der Waals surface area contributed by atoms with Gasteiger partial charge >= 0.3 is 0 Å². The third kappa shape index (κ3) is 4.37. The fraction of sp³-hybridized carbons (Fsp3) is 0.643. The lowest BCUT2D eigenvalue weighted by molar-refractivity contribution is 0.427. The second-order valence-corrected chi connectivity index (χ2v) is 6.25. The molecule has 2 nitrogen and oxygen atoms in total. The molecule has 102 valence electrons. The van der Waals surface area contributed by atoms with Crippen LogP contribution in [-0.2, 0) is 0 Å². The largest absolute Gasteiger partial charge is 0.387 e. The van der Waals surface area contributed by atoms with E-state index in [1.54, 1.807) is 11.5 Å². The molecule has 0 radical (unpaired) electrons. The Bertz CT molecular complexity index is 376. The van der Waals surface area contributed by atoms with Crippen LogP contribution in [0.4, 0.5) is 0 Å². The van der Waals surface area contributed by atoms with Crippen LogP contribution in [0, 0.1) is 5.92 Å². The van der Waals surface area contributed by atoms with Crippen LogP contribution in [0.1, 0.15) is 49.6 Å². The summed E-state index contributed by atoms with van der Waals surface area (Å²) in [5.41, 5.74) is 1.89. The SMILES string of the molecule is C=C(NC)c1cc(C(C)CC(CC)CCP)sn1. The molecule has 3 atom stereocenters. The lowest BCUT2D eigenvalue weighted by atomic mass is 9.90. The molecule has 0 bridgehead atoms. The van der Waals surface area contributed by atoms with Crippen LogP contribution in [-0.4, -0.2) is 17.6 Å². The molecule has 18 heavy (non-hydrogen) atoms. The number of aromatic nitrogens is 1. The Kier molecular flexibility index (Phi) is 6.88. The van der Waals surface area contributed by atoms with Crippen molar-refractivity contribution in [2.45, 2.75) is 39.0 Å². The molecule has 0 aliphatic rings. The predicted molar refractivity (Wildman–Crippen MR) is 86.2 cm³/mol. The summed E-state index contributed by atoms with van der Waals surface area (Å²) in [4.78, 5) is 1.38. The monoisotopic (exact) mass is 284 g/mol. The van der Waals surface area contributed by atoms with Gasteiger partial charge in [0.25, 0.3) is 0 Å². The van der Waals surface area contributed by atoms with Crippen molar-refractivity contribution < 1.29 is 0 Å². The fourth-order valence-corrected chi connectivity index (χ4v) is 3.41. The Morgan fingerprint density at radius 2 is 2.33 bits per heavy atom. The highest BCUT2D eigenvalue weighted by Gasteiger charge is 2.15. The zero-order chi connectivity index (χ0) is 13.5. The maximum Gasteiger partial charge on any atom is 0.0996 e. The van der Waals surface area contributed by atoms with Gasteiger partial charge in [0.15, 0.2) is 0 Å². The lowest BCUT2D eigenvalue weighted by Gasteiger charge is -2.17. The summed E-state index contributed by atoms with van der Waals surface area (Å²) >= 11 is 1.62. The van der Waals surface area contributed by atoms with Crippen LogP contribution in [0.2, 0.25) is 0 Å². The van der Waals surface area contributed by atoms with Crippen LogP contribution in [0.25, 0.3) is 5.70 Å². The molecule has 0 spiro atoms. The average Bonchev–Trinajstić information content (AvgIpc) is 2.86. The van der Waals surface area contributed by atoms with Crippen molar-refractivity contribution in [2.24, 2.45) is 5.92 Å². The van der Waals surface area contributed by atoms with Gasteiger partial charge in [-0.2, -0.15) is 4.37 Å². The molecule has 3 unspecified atom stereocenters. The van der Waals surface area contributed by atoms with Crippen molar-refractivity contribution in [1.82, 2.24) is 9.69 Å². The maximum atomic E-state index is 4.46. The zero-order valence-electron chi connectivity index (χ0n) is 11.7. The van der Waals surface area contributed by atoms with Crippen LogP contribution in [0.3, 0.4) is 0 Å². The minimum absolute atomic E-state index is 0.599. The van der Waals surface area contributed by atoms with Crippen LogP contribution >= 0.6 is 20.8 Å². The second kappa shape index (κ2) is 7.91. The van der Waals surface area contributed by atoms with Gasteiger partial charge in [0.1, 0.15) is 0 Å². The van der Waals surface area contributed by atoms with E-state index in [1.807, 2.05) is 7.05 Å². The number of nitrogens with one attached hydrogen (secondary N) is 1. The van der Waals surface area contributed by atoms with Crippen LogP contribution < -0.4 is 5.32 Å². The van der Waals surface area contributed by atoms with Crippen molar-refractivity contribution in [3.05, 3.63) is 23.2 Å². The van der Waals surface area contributed by atoms with Gasteiger partial charge in [0, 0.05) is 11.9 Å². The van der Waals surface area contributed by atoms with E-state index < -0.39 is 0 Å². The van der Waals surface area contributed by atoms with Crippen molar-refractivity contribution in [3.63, 3.8) is 0 Å². The number of rotatable bonds is 8. The van der Waals surface area contributed by atoms with Crippen LogP contribution in [0.5, 0.6) is 0 Å². The number of hydrogen-bond acceptors (Lipinski definition) is 3. The highest BCUT2D eigenvalue weighted by atomic mass is 32.1. The van der Waals surface area contributed by atoms with E-state index in [4.69, 9.17) is 0 Å². The highest BCUT2D eigenvalue weighted by molar-refractivity contribution is 7.16. The summed E-state index contributed by atoms with van der Waals surface area (Å²) in [5, 5.41) is 3.05. The standard InChI is InChI=1S/C14H25N2PS/c1-5-12(6-7-17)8-10(2)14-9-13(16-18-14)11(3)15-4/h9-10,12,15H,3,5-8,17H2,1-2,4H3. The molecule has 1 N–H and O–H groups in total. The smallest absolute Gasteiger partial charge is 0.0996 e. The Labute approximate surface area is 118 Å². The van der Waals surface area contributed by atoms with Gasteiger partial charge in [-0.3, -0.25) is 0 Å². The van der Waals surface area contributed by atoms with E-state index >= 15 is 0 Å². The van der Waals surface area contributed by atoms with Gasteiger partial charge in [-0.25, -0.2) is 0 Å². The minimum Gasteiger partial charge on any atom is -0.387 e. The minimum atomic E-state index is 0.599. The first-order valence-corrected chi connectivity index (χ1v) is 8.25. The normalized spacial score (nSPS) is 14.2. The summed E-state index contributed by atoms with van der Waals surface area (Å²) in [5.74, 6) is 1.43. The van der Waals surface area contributed by atoms with E-state index in [1.165, 1.54) is 30.3 Å². The molecule has 0 aliphatic carbocycles. The van der Waals surface area contributed by atoms with Gasteiger partial charge in [-0.1, -0.05) is 26.8 Å². The molecule has 1 heterocycles. The molecule has 0 fully saturated rings. The molecular weight excluding hydrogens is 259 g/mol. The van der Waals surface area contributed by atoms with Crippen LogP contribution in [0.15, 0.2) is 12.6 Å². The first-order chi connectivity index (χ1) is 8.62. The summed E-state index contributed by atoms with van der Waals surface area (Å²) in [6.07, 6.45) is 5.04. The molecule has 0 aromatic carbocycles. The summed E-state index contributed by atoms with van der Waals surface area (Å²) in [6.45, 7) is 8.55. The van der Waals surface area contributed by atoms with Gasteiger partial charge in [-0.05, 0) is 48.4 Å². The third-order valence-corrected chi connectivity index (χ3v) is 4.82. The number of hydrogen-bond donors (Lipinski definition) is 1.